The molecule has 0 unspecified atom stereocenters. The van der Waals surface area contributed by atoms with Gasteiger partial charge in [-0.2, -0.15) is 0 Å². The van der Waals surface area contributed by atoms with Crippen LogP contribution in [0.25, 0.3) is 0 Å². The normalized spacial score (nSPS) is 10.5. The van der Waals surface area contributed by atoms with E-state index < -0.39 is 17.5 Å². The molecule has 3 nitrogen and oxygen atoms in total. The second-order valence-electron chi connectivity index (χ2n) is 4.61. The fourth-order valence-corrected chi connectivity index (χ4v) is 2.08. The number of benzene rings is 2. The Labute approximate surface area is 125 Å². The third kappa shape index (κ3) is 3.31. The number of halogens is 3. The van der Waals surface area contributed by atoms with Gasteiger partial charge in [0.15, 0.2) is 0 Å². The highest BCUT2D eigenvalue weighted by molar-refractivity contribution is 6.31. The maximum absolute atomic E-state index is 13.7. The minimum absolute atomic E-state index is 0.204. The SMILES string of the molecule is CN(Cc1ccccc1Cl)C(=O)c1cc(N)c(F)cc1F. The molecule has 0 radical (unpaired) electrons. The molecule has 2 aromatic carbocycles. The average molecular weight is 311 g/mol. The maximum atomic E-state index is 13.7. The quantitative estimate of drug-likeness (QED) is 0.882. The number of nitrogens with two attached hydrogens (primary N) is 1. The molecule has 0 fully saturated rings. The van der Waals surface area contributed by atoms with Gasteiger partial charge in [0, 0.05) is 24.7 Å². The maximum Gasteiger partial charge on any atom is 0.256 e. The van der Waals surface area contributed by atoms with Gasteiger partial charge in [0.05, 0.1) is 11.3 Å². The Hall–Kier alpha value is -2.14. The Balaban J connectivity index is 2.24. The van der Waals surface area contributed by atoms with Crippen LogP contribution in [0.15, 0.2) is 36.4 Å². The molecule has 2 N–H and O–H groups in total. The molecule has 0 atom stereocenters. The third-order valence-corrected chi connectivity index (χ3v) is 3.40. The monoisotopic (exact) mass is 310 g/mol. The van der Waals surface area contributed by atoms with Crippen molar-refractivity contribution in [2.45, 2.75) is 6.54 Å². The van der Waals surface area contributed by atoms with Crippen molar-refractivity contribution in [3.63, 3.8) is 0 Å². The van der Waals surface area contributed by atoms with E-state index in [0.717, 1.165) is 11.6 Å². The van der Waals surface area contributed by atoms with Gasteiger partial charge < -0.3 is 10.6 Å². The molecule has 0 aliphatic heterocycles. The number of amides is 1. The summed E-state index contributed by atoms with van der Waals surface area (Å²) in [5.41, 5.74) is 5.55. The summed E-state index contributed by atoms with van der Waals surface area (Å²) in [5, 5.41) is 0.510. The van der Waals surface area contributed by atoms with Crippen LogP contribution < -0.4 is 5.73 Å². The Bertz CT molecular complexity index is 691. The second-order valence-corrected chi connectivity index (χ2v) is 5.01. The van der Waals surface area contributed by atoms with E-state index in [1.165, 1.54) is 11.9 Å². The highest BCUT2D eigenvalue weighted by Gasteiger charge is 2.19. The van der Waals surface area contributed by atoms with Gasteiger partial charge in [-0.1, -0.05) is 29.8 Å². The molecule has 0 aromatic heterocycles. The highest BCUT2D eigenvalue weighted by atomic mass is 35.5. The van der Waals surface area contributed by atoms with Crippen molar-refractivity contribution >= 4 is 23.2 Å². The third-order valence-electron chi connectivity index (χ3n) is 3.03. The molecule has 110 valence electrons. The van der Waals surface area contributed by atoms with Gasteiger partial charge in [-0.05, 0) is 17.7 Å². The summed E-state index contributed by atoms with van der Waals surface area (Å²) < 4.78 is 26.8. The minimum Gasteiger partial charge on any atom is -0.396 e. The van der Waals surface area contributed by atoms with Crippen LogP contribution in [0, 0.1) is 11.6 Å². The van der Waals surface area contributed by atoms with Gasteiger partial charge in [0.2, 0.25) is 0 Å². The fourth-order valence-electron chi connectivity index (χ4n) is 1.89. The molecular weight excluding hydrogens is 298 g/mol. The van der Waals surface area contributed by atoms with E-state index >= 15 is 0 Å². The van der Waals surface area contributed by atoms with Crippen molar-refractivity contribution in [1.29, 1.82) is 0 Å². The first-order valence-corrected chi connectivity index (χ1v) is 6.51. The number of anilines is 1. The molecule has 0 bridgehead atoms. The van der Waals surface area contributed by atoms with Crippen molar-refractivity contribution in [1.82, 2.24) is 4.90 Å². The second kappa shape index (κ2) is 6.10. The van der Waals surface area contributed by atoms with Crippen molar-refractivity contribution < 1.29 is 13.6 Å². The van der Waals surface area contributed by atoms with Crippen LogP contribution in [-0.4, -0.2) is 17.9 Å². The number of carbonyl (C=O) groups is 1. The summed E-state index contributed by atoms with van der Waals surface area (Å²) in [4.78, 5) is 13.5. The van der Waals surface area contributed by atoms with Crippen LogP contribution >= 0.6 is 11.6 Å². The first-order chi connectivity index (χ1) is 9.90. The minimum atomic E-state index is -0.947. The summed E-state index contributed by atoms with van der Waals surface area (Å²) in [6, 6.07) is 8.62. The van der Waals surface area contributed by atoms with Crippen LogP contribution in [0.5, 0.6) is 0 Å². The zero-order valence-electron chi connectivity index (χ0n) is 11.2. The molecule has 2 aromatic rings. The lowest BCUT2D eigenvalue weighted by Crippen LogP contribution is -2.27. The van der Waals surface area contributed by atoms with Gasteiger partial charge in [0.25, 0.3) is 5.91 Å². The van der Waals surface area contributed by atoms with Gasteiger partial charge >= 0.3 is 0 Å². The summed E-state index contributed by atoms with van der Waals surface area (Å²) >= 11 is 6.01. The van der Waals surface area contributed by atoms with Gasteiger partial charge in [0.1, 0.15) is 11.6 Å². The molecule has 21 heavy (non-hydrogen) atoms. The molecule has 0 aliphatic carbocycles. The molecule has 0 aliphatic rings. The molecule has 2 rings (SSSR count). The van der Waals surface area contributed by atoms with Crippen LogP contribution in [0.1, 0.15) is 15.9 Å². The topological polar surface area (TPSA) is 46.3 Å². The predicted molar refractivity (Wildman–Crippen MR) is 78.0 cm³/mol. The van der Waals surface area contributed by atoms with Crippen LogP contribution in [0.4, 0.5) is 14.5 Å². The fraction of sp³-hybridized carbons (Fsp3) is 0.133. The molecule has 6 heteroatoms. The first kappa shape index (κ1) is 15.3. The summed E-state index contributed by atoms with van der Waals surface area (Å²) in [7, 11) is 1.50. The summed E-state index contributed by atoms with van der Waals surface area (Å²) in [6.07, 6.45) is 0. The Kier molecular flexibility index (Phi) is 4.43. The van der Waals surface area contributed by atoms with E-state index in [1.807, 2.05) is 0 Å². The van der Waals surface area contributed by atoms with E-state index in [-0.39, 0.29) is 17.8 Å². The predicted octanol–water partition coefficient (Wildman–Crippen LogP) is 3.47. The van der Waals surface area contributed by atoms with E-state index in [1.54, 1.807) is 24.3 Å². The van der Waals surface area contributed by atoms with Crippen molar-refractivity contribution in [2.24, 2.45) is 0 Å². The summed E-state index contributed by atoms with van der Waals surface area (Å²) in [5.74, 6) is -2.44. The first-order valence-electron chi connectivity index (χ1n) is 6.13. The van der Waals surface area contributed by atoms with E-state index in [4.69, 9.17) is 17.3 Å². The Morgan fingerprint density at radius 3 is 2.57 bits per heavy atom. The van der Waals surface area contributed by atoms with Gasteiger partial charge in [-0.25, -0.2) is 8.78 Å². The number of hydrogen-bond acceptors (Lipinski definition) is 2. The molecular formula is C15H13ClF2N2O. The van der Waals surface area contributed by atoms with Crippen LogP contribution in [0.2, 0.25) is 5.02 Å². The largest absolute Gasteiger partial charge is 0.396 e. The van der Waals surface area contributed by atoms with E-state index in [2.05, 4.69) is 0 Å². The molecule has 0 heterocycles. The number of nitrogens with zero attached hydrogens (tertiary/aromatic N) is 1. The molecule has 0 saturated heterocycles. The number of carbonyl (C=O) groups excluding carboxylic acids is 1. The standard InChI is InChI=1S/C15H13ClF2N2O/c1-20(8-9-4-2-3-5-11(9)16)15(21)10-6-14(19)13(18)7-12(10)17/h2-7H,8,19H2,1H3. The lowest BCUT2D eigenvalue weighted by molar-refractivity contribution is 0.0780. The Morgan fingerprint density at radius 2 is 1.90 bits per heavy atom. The molecule has 0 spiro atoms. The van der Waals surface area contributed by atoms with Crippen LogP contribution in [0.3, 0.4) is 0 Å². The zero-order valence-corrected chi connectivity index (χ0v) is 12.0. The highest BCUT2D eigenvalue weighted by Crippen LogP contribution is 2.20. The van der Waals surface area contributed by atoms with Crippen molar-refractivity contribution in [3.8, 4) is 0 Å². The number of rotatable bonds is 3. The van der Waals surface area contributed by atoms with E-state index in [0.29, 0.717) is 11.1 Å². The van der Waals surface area contributed by atoms with Crippen molar-refractivity contribution in [3.05, 3.63) is 64.2 Å². The van der Waals surface area contributed by atoms with Gasteiger partial charge in [-0.3, -0.25) is 4.79 Å². The lowest BCUT2D eigenvalue weighted by atomic mass is 10.1. The smallest absolute Gasteiger partial charge is 0.256 e. The lowest BCUT2D eigenvalue weighted by Gasteiger charge is -2.18. The zero-order chi connectivity index (χ0) is 15.6. The average Bonchev–Trinajstić information content (AvgIpc) is 2.44. The van der Waals surface area contributed by atoms with E-state index in [9.17, 15) is 13.6 Å². The Morgan fingerprint density at radius 1 is 1.24 bits per heavy atom. The number of hydrogen-bond donors (Lipinski definition) is 1. The van der Waals surface area contributed by atoms with Crippen LogP contribution in [-0.2, 0) is 6.54 Å². The summed E-state index contributed by atoms with van der Waals surface area (Å²) in [6.45, 7) is 0.204. The van der Waals surface area contributed by atoms with Gasteiger partial charge in [-0.15, -0.1) is 0 Å². The molecule has 1 amide bonds. The number of nitrogen functional groups attached to an aromatic ring is 1. The van der Waals surface area contributed by atoms with Crippen molar-refractivity contribution in [2.75, 3.05) is 12.8 Å². The molecule has 0 saturated carbocycles.